The topological polar surface area (TPSA) is 118 Å². The van der Waals surface area contributed by atoms with Crippen LogP contribution in [0.25, 0.3) is 0 Å². The molecule has 0 heterocycles. The molecule has 1 rings (SSSR count). The first-order valence-electron chi connectivity index (χ1n) is 3.58. The highest BCUT2D eigenvalue weighted by Gasteiger charge is 2.22. The van der Waals surface area contributed by atoms with Crippen molar-refractivity contribution in [3.05, 3.63) is 20.4 Å². The van der Waals surface area contributed by atoms with Crippen LogP contribution in [0.5, 0.6) is 5.75 Å². The third kappa shape index (κ3) is 1.78. The van der Waals surface area contributed by atoms with Gasteiger partial charge in [-0.2, -0.15) is 0 Å². The SMILES string of the molecule is N[C@@H](CSc1c(O)c(=O)c1=O)C(=O)O. The molecule has 0 radical (unpaired) electrons. The molecule has 0 amide bonds. The van der Waals surface area contributed by atoms with Crippen LogP contribution in [-0.4, -0.2) is 28.0 Å². The van der Waals surface area contributed by atoms with Gasteiger partial charge in [0.15, 0.2) is 5.75 Å². The van der Waals surface area contributed by atoms with E-state index in [1.54, 1.807) is 0 Å². The van der Waals surface area contributed by atoms with Crippen LogP contribution in [0.3, 0.4) is 0 Å². The minimum absolute atomic E-state index is 0.0618. The smallest absolute Gasteiger partial charge is 0.321 e. The van der Waals surface area contributed by atoms with Gasteiger partial charge in [-0.3, -0.25) is 14.4 Å². The van der Waals surface area contributed by atoms with Gasteiger partial charge >= 0.3 is 5.97 Å². The van der Waals surface area contributed by atoms with Gasteiger partial charge in [-0.15, -0.1) is 11.8 Å². The number of carboxylic acids is 1. The molecular weight excluding hydrogens is 210 g/mol. The van der Waals surface area contributed by atoms with Gasteiger partial charge in [0.25, 0.3) is 5.43 Å². The Labute approximate surface area is 82.0 Å². The summed E-state index contributed by atoms with van der Waals surface area (Å²) in [7, 11) is 0. The second-order valence-corrected chi connectivity index (χ2v) is 3.62. The highest BCUT2D eigenvalue weighted by atomic mass is 32.2. The predicted octanol–water partition coefficient (Wildman–Crippen LogP) is -1.51. The van der Waals surface area contributed by atoms with Crippen molar-refractivity contribution >= 4 is 17.7 Å². The third-order valence-corrected chi connectivity index (χ3v) is 2.76. The highest BCUT2D eigenvalue weighted by molar-refractivity contribution is 7.99. The molecule has 0 spiro atoms. The van der Waals surface area contributed by atoms with Gasteiger partial charge in [0.05, 0.1) is 0 Å². The van der Waals surface area contributed by atoms with Crippen molar-refractivity contribution in [1.29, 1.82) is 0 Å². The van der Waals surface area contributed by atoms with Crippen molar-refractivity contribution in [1.82, 2.24) is 0 Å². The maximum Gasteiger partial charge on any atom is 0.321 e. The lowest BCUT2D eigenvalue weighted by Crippen LogP contribution is -2.35. The van der Waals surface area contributed by atoms with Crippen molar-refractivity contribution in [2.24, 2.45) is 5.73 Å². The van der Waals surface area contributed by atoms with E-state index in [0.29, 0.717) is 0 Å². The van der Waals surface area contributed by atoms with E-state index >= 15 is 0 Å². The third-order valence-electron chi connectivity index (χ3n) is 1.57. The number of hydrogen-bond acceptors (Lipinski definition) is 6. The summed E-state index contributed by atoms with van der Waals surface area (Å²) in [4.78, 5) is 31.5. The maximum atomic E-state index is 10.8. The standard InChI is InChI=1S/C7H7NO5S/c8-2(7(12)13)1-14-6-4(10)3(9)5(6)11/h2,10H,1,8H2,(H,12,13)/t2-/m0/s1. The summed E-state index contributed by atoms with van der Waals surface area (Å²) in [6, 6.07) is -1.12. The average Bonchev–Trinajstić information content (AvgIpc) is 2.16. The molecule has 1 aromatic rings. The van der Waals surface area contributed by atoms with Gasteiger partial charge in [-0.05, 0) is 0 Å². The van der Waals surface area contributed by atoms with Gasteiger partial charge in [0.2, 0.25) is 5.43 Å². The number of thioether (sulfide) groups is 1. The summed E-state index contributed by atoms with van der Waals surface area (Å²) in [5.41, 5.74) is 3.43. The predicted molar refractivity (Wildman–Crippen MR) is 49.4 cm³/mol. The highest BCUT2D eigenvalue weighted by Crippen LogP contribution is 2.23. The Morgan fingerprint density at radius 3 is 2.43 bits per heavy atom. The summed E-state index contributed by atoms with van der Waals surface area (Å²) >= 11 is 0.773. The quantitative estimate of drug-likeness (QED) is 0.414. The lowest BCUT2D eigenvalue weighted by Gasteiger charge is -2.07. The summed E-state index contributed by atoms with van der Waals surface area (Å²) in [5.74, 6) is -1.86. The number of aliphatic carboxylic acids is 1. The minimum atomic E-state index is -1.20. The van der Waals surface area contributed by atoms with Gasteiger partial charge in [-0.1, -0.05) is 0 Å². The van der Waals surface area contributed by atoms with Crippen molar-refractivity contribution in [3.63, 3.8) is 0 Å². The second-order valence-electron chi connectivity index (χ2n) is 2.59. The molecule has 0 aliphatic carbocycles. The van der Waals surface area contributed by atoms with Gasteiger partial charge in [0.1, 0.15) is 10.9 Å². The van der Waals surface area contributed by atoms with Gasteiger partial charge in [-0.25, -0.2) is 0 Å². The Kier molecular flexibility index (Phi) is 2.92. The normalized spacial score (nSPS) is 12.9. The molecule has 76 valence electrons. The Bertz CT molecular complexity index is 433. The second kappa shape index (κ2) is 3.81. The molecule has 14 heavy (non-hydrogen) atoms. The molecule has 7 heteroatoms. The van der Waals surface area contributed by atoms with E-state index in [9.17, 15) is 14.4 Å². The van der Waals surface area contributed by atoms with Crippen LogP contribution in [0.2, 0.25) is 0 Å². The largest absolute Gasteiger partial charge is 0.503 e. The molecule has 0 saturated heterocycles. The zero-order valence-corrected chi connectivity index (χ0v) is 7.71. The number of carboxylic acid groups (broad SMARTS) is 1. The van der Waals surface area contributed by atoms with Crippen molar-refractivity contribution in [2.75, 3.05) is 5.75 Å². The Balaban J connectivity index is 2.61. The summed E-state index contributed by atoms with van der Waals surface area (Å²) in [6.45, 7) is 0. The maximum absolute atomic E-state index is 10.8. The first kappa shape index (κ1) is 10.7. The molecule has 0 saturated carbocycles. The summed E-state index contributed by atoms with van der Waals surface area (Å²) in [6.07, 6.45) is 0. The van der Waals surface area contributed by atoms with E-state index in [4.69, 9.17) is 15.9 Å². The first-order valence-corrected chi connectivity index (χ1v) is 4.57. The van der Waals surface area contributed by atoms with Crippen LogP contribution in [0, 0.1) is 0 Å². The van der Waals surface area contributed by atoms with Crippen LogP contribution >= 0.6 is 11.8 Å². The van der Waals surface area contributed by atoms with Crippen molar-refractivity contribution in [3.8, 4) is 5.75 Å². The van der Waals surface area contributed by atoms with Crippen molar-refractivity contribution < 1.29 is 15.0 Å². The molecule has 6 nitrogen and oxygen atoms in total. The van der Waals surface area contributed by atoms with E-state index < -0.39 is 28.6 Å². The first-order chi connectivity index (χ1) is 6.45. The average molecular weight is 217 g/mol. The minimum Gasteiger partial charge on any atom is -0.503 e. The Hall–Kier alpha value is -1.34. The molecule has 0 aromatic heterocycles. The molecule has 1 aromatic carbocycles. The van der Waals surface area contributed by atoms with E-state index in [1.165, 1.54) is 0 Å². The number of nitrogens with two attached hydrogens (primary N) is 1. The molecule has 0 bridgehead atoms. The molecule has 0 fully saturated rings. The van der Waals surface area contributed by atoms with Crippen molar-refractivity contribution in [2.45, 2.75) is 10.9 Å². The Morgan fingerprint density at radius 1 is 1.43 bits per heavy atom. The fraction of sp³-hybridized carbons (Fsp3) is 0.286. The number of hydrogen-bond donors (Lipinski definition) is 3. The number of rotatable bonds is 4. The summed E-state index contributed by atoms with van der Waals surface area (Å²) in [5, 5.41) is 17.3. The molecule has 0 aliphatic rings. The van der Waals surface area contributed by atoms with Gasteiger partial charge < -0.3 is 15.9 Å². The zero-order chi connectivity index (χ0) is 10.9. The van der Waals surface area contributed by atoms with E-state index in [-0.39, 0.29) is 10.6 Å². The number of carbonyl (C=O) groups is 1. The fourth-order valence-corrected chi connectivity index (χ4v) is 1.68. The summed E-state index contributed by atoms with van der Waals surface area (Å²) < 4.78 is 0. The van der Waals surface area contributed by atoms with Gasteiger partial charge in [0, 0.05) is 5.75 Å². The van der Waals surface area contributed by atoms with E-state index in [0.717, 1.165) is 11.8 Å². The Morgan fingerprint density at radius 2 is 2.00 bits per heavy atom. The van der Waals surface area contributed by atoms with Crippen LogP contribution in [-0.2, 0) is 4.79 Å². The lowest BCUT2D eigenvalue weighted by molar-refractivity contribution is -0.137. The van der Waals surface area contributed by atoms with Crippen LogP contribution in [0.15, 0.2) is 14.5 Å². The lowest BCUT2D eigenvalue weighted by atomic mass is 10.3. The molecule has 0 unspecified atom stereocenters. The van der Waals surface area contributed by atoms with Crippen LogP contribution < -0.4 is 16.6 Å². The number of aromatic hydroxyl groups is 1. The fourth-order valence-electron chi connectivity index (χ4n) is 0.737. The molecule has 1 atom stereocenters. The monoisotopic (exact) mass is 217 g/mol. The van der Waals surface area contributed by atoms with E-state index in [2.05, 4.69) is 0 Å². The zero-order valence-electron chi connectivity index (χ0n) is 6.89. The van der Waals surface area contributed by atoms with E-state index in [1.807, 2.05) is 0 Å². The van der Waals surface area contributed by atoms with Crippen LogP contribution in [0.1, 0.15) is 0 Å². The molecule has 4 N–H and O–H groups in total. The van der Waals surface area contributed by atoms with Crippen LogP contribution in [0.4, 0.5) is 0 Å². The molecular formula is C7H7NO5S. The molecule has 0 aliphatic heterocycles.